The minimum Gasteiger partial charge on any atom is -0.394 e. The molecule has 0 fully saturated rings. The van der Waals surface area contributed by atoms with Crippen LogP contribution in [0, 0.1) is 0 Å². The van der Waals surface area contributed by atoms with Crippen molar-refractivity contribution in [1.82, 2.24) is 0 Å². The highest BCUT2D eigenvalue weighted by Gasteiger charge is 1.58. The fraction of sp³-hybridized carbons (Fsp3) is 0.600. The average molecular weight is 174 g/mol. The molecular formula is C10H22O2. The fourth-order valence-corrected chi connectivity index (χ4v) is 0. The minimum absolute atomic E-state index is 0.125. The smallest absolute Gasteiger partial charge is 0.0662 e. The Morgan fingerprint density at radius 1 is 0.833 bits per heavy atom. The molecule has 0 aliphatic carbocycles. The zero-order chi connectivity index (χ0) is 10.6. The lowest BCUT2D eigenvalue weighted by Crippen LogP contribution is -1.85. The molecule has 0 spiro atoms. The molecular weight excluding hydrogens is 152 g/mol. The molecule has 2 nitrogen and oxygen atoms in total. The van der Waals surface area contributed by atoms with E-state index in [0.717, 1.165) is 0 Å². The van der Waals surface area contributed by atoms with Gasteiger partial charge in [-0.3, -0.25) is 0 Å². The summed E-state index contributed by atoms with van der Waals surface area (Å²) in [6.45, 7) is 14.8. The number of aliphatic hydroxyl groups is 2. The maximum atomic E-state index is 7.62. The maximum absolute atomic E-state index is 7.62. The van der Waals surface area contributed by atoms with Gasteiger partial charge in [0, 0.05) is 0 Å². The normalized spacial score (nSPS) is 6.83. The molecule has 0 saturated heterocycles. The molecule has 0 heterocycles. The third-order valence-electron chi connectivity index (χ3n) is 0.1000. The first kappa shape index (κ1) is 17.5. The Labute approximate surface area is 76.2 Å². The van der Waals surface area contributed by atoms with E-state index in [1.807, 2.05) is 27.7 Å². The van der Waals surface area contributed by atoms with E-state index >= 15 is 0 Å². The Morgan fingerprint density at radius 3 is 0.917 bits per heavy atom. The van der Waals surface area contributed by atoms with Gasteiger partial charge in [-0.1, -0.05) is 11.1 Å². The second kappa shape index (κ2) is 16.8. The van der Waals surface area contributed by atoms with Crippen LogP contribution in [-0.4, -0.2) is 23.4 Å². The third-order valence-corrected chi connectivity index (χ3v) is 0.1000. The van der Waals surface area contributed by atoms with Gasteiger partial charge in [-0.05, 0) is 27.7 Å². The van der Waals surface area contributed by atoms with Crippen LogP contribution in [0.15, 0.2) is 24.3 Å². The summed E-state index contributed by atoms with van der Waals surface area (Å²) in [4.78, 5) is 0. The van der Waals surface area contributed by atoms with Gasteiger partial charge in [-0.15, -0.1) is 13.2 Å². The van der Waals surface area contributed by atoms with Crippen molar-refractivity contribution in [2.45, 2.75) is 27.7 Å². The molecule has 0 radical (unpaired) electrons. The predicted octanol–water partition coefficient (Wildman–Crippen LogP) is 2.14. The molecule has 0 saturated carbocycles. The molecule has 0 aromatic heterocycles. The summed E-state index contributed by atoms with van der Waals surface area (Å²) in [6.07, 6.45) is 0. The molecule has 0 rings (SSSR count). The first-order valence-corrected chi connectivity index (χ1v) is 3.84. The van der Waals surface area contributed by atoms with Gasteiger partial charge in [0.05, 0.1) is 13.2 Å². The van der Waals surface area contributed by atoms with Crippen molar-refractivity contribution in [3.8, 4) is 0 Å². The van der Waals surface area contributed by atoms with Crippen LogP contribution in [0.2, 0.25) is 0 Å². The van der Waals surface area contributed by atoms with Crippen LogP contribution in [0.1, 0.15) is 27.7 Å². The molecule has 12 heavy (non-hydrogen) atoms. The molecule has 2 N–H and O–H groups in total. The van der Waals surface area contributed by atoms with E-state index in [1.165, 1.54) is 11.1 Å². The van der Waals surface area contributed by atoms with Crippen molar-refractivity contribution in [1.29, 1.82) is 0 Å². The Kier molecular flexibility index (Phi) is 24.4. The minimum atomic E-state index is -0.125. The zero-order valence-corrected chi connectivity index (χ0v) is 8.72. The van der Waals surface area contributed by atoms with Gasteiger partial charge >= 0.3 is 0 Å². The van der Waals surface area contributed by atoms with Crippen LogP contribution in [0.4, 0.5) is 0 Å². The van der Waals surface area contributed by atoms with Gasteiger partial charge in [-0.2, -0.15) is 0 Å². The van der Waals surface area contributed by atoms with Gasteiger partial charge in [0.25, 0.3) is 0 Å². The lowest BCUT2D eigenvalue weighted by Gasteiger charge is -1.70. The standard InChI is InChI=1S/2C4H8.C2H6O2/c2*1-4(2)3;3-1-2-4/h2*1H2,2-3H3;3-4H,1-2H2. The van der Waals surface area contributed by atoms with E-state index in [4.69, 9.17) is 10.2 Å². The lowest BCUT2D eigenvalue weighted by atomic mass is 10.4. The molecule has 0 unspecified atom stereocenters. The van der Waals surface area contributed by atoms with Crippen molar-refractivity contribution >= 4 is 0 Å². The topological polar surface area (TPSA) is 40.5 Å². The van der Waals surface area contributed by atoms with Crippen molar-refractivity contribution in [2.75, 3.05) is 13.2 Å². The molecule has 0 atom stereocenters. The van der Waals surface area contributed by atoms with E-state index in [2.05, 4.69) is 13.2 Å². The van der Waals surface area contributed by atoms with E-state index in [0.29, 0.717) is 0 Å². The SMILES string of the molecule is C=C(C)C.C=C(C)C.OCCO. The first-order valence-electron chi connectivity index (χ1n) is 3.84. The van der Waals surface area contributed by atoms with Crippen molar-refractivity contribution in [3.63, 3.8) is 0 Å². The number of aliphatic hydroxyl groups excluding tert-OH is 2. The van der Waals surface area contributed by atoms with Gasteiger partial charge in [0.1, 0.15) is 0 Å². The van der Waals surface area contributed by atoms with Crippen molar-refractivity contribution in [2.24, 2.45) is 0 Å². The number of rotatable bonds is 1. The average Bonchev–Trinajstić information content (AvgIpc) is 1.85. The summed E-state index contributed by atoms with van der Waals surface area (Å²) in [5.74, 6) is 0. The van der Waals surface area contributed by atoms with E-state index in [1.54, 1.807) is 0 Å². The Bertz CT molecular complexity index is 84.4. The Morgan fingerprint density at radius 2 is 0.917 bits per heavy atom. The Balaban J connectivity index is -0.000000101. The van der Waals surface area contributed by atoms with E-state index < -0.39 is 0 Å². The van der Waals surface area contributed by atoms with Gasteiger partial charge < -0.3 is 10.2 Å². The van der Waals surface area contributed by atoms with Crippen LogP contribution >= 0.6 is 0 Å². The van der Waals surface area contributed by atoms with Gasteiger partial charge in [0.15, 0.2) is 0 Å². The summed E-state index contributed by atoms with van der Waals surface area (Å²) in [7, 11) is 0. The molecule has 74 valence electrons. The van der Waals surface area contributed by atoms with Crippen molar-refractivity contribution in [3.05, 3.63) is 24.3 Å². The lowest BCUT2D eigenvalue weighted by molar-refractivity contribution is 0.186. The molecule has 0 amide bonds. The second-order valence-corrected chi connectivity index (χ2v) is 2.86. The molecule has 0 bridgehead atoms. The number of hydrogen-bond donors (Lipinski definition) is 2. The predicted molar refractivity (Wildman–Crippen MR) is 55.1 cm³/mol. The highest BCUT2D eigenvalue weighted by Crippen LogP contribution is 1.74. The van der Waals surface area contributed by atoms with Crippen LogP contribution in [0.5, 0.6) is 0 Å². The van der Waals surface area contributed by atoms with Crippen LogP contribution in [0.25, 0.3) is 0 Å². The summed E-state index contributed by atoms with van der Waals surface area (Å²) < 4.78 is 0. The maximum Gasteiger partial charge on any atom is 0.0662 e. The van der Waals surface area contributed by atoms with Crippen LogP contribution in [0.3, 0.4) is 0 Å². The molecule has 0 aromatic rings. The van der Waals surface area contributed by atoms with Gasteiger partial charge in [-0.25, -0.2) is 0 Å². The highest BCUT2D eigenvalue weighted by molar-refractivity contribution is 4.79. The summed E-state index contributed by atoms with van der Waals surface area (Å²) >= 11 is 0. The van der Waals surface area contributed by atoms with Crippen LogP contribution in [-0.2, 0) is 0 Å². The second-order valence-electron chi connectivity index (χ2n) is 2.86. The Hall–Kier alpha value is -0.600. The largest absolute Gasteiger partial charge is 0.394 e. The fourth-order valence-electron chi connectivity index (χ4n) is 0. The zero-order valence-electron chi connectivity index (χ0n) is 8.72. The van der Waals surface area contributed by atoms with Crippen molar-refractivity contribution < 1.29 is 10.2 Å². The monoisotopic (exact) mass is 174 g/mol. The molecule has 0 aromatic carbocycles. The third kappa shape index (κ3) is 4150. The molecule has 0 aliphatic heterocycles. The van der Waals surface area contributed by atoms with E-state index in [9.17, 15) is 0 Å². The van der Waals surface area contributed by atoms with Crippen LogP contribution < -0.4 is 0 Å². The number of hydrogen-bond acceptors (Lipinski definition) is 2. The van der Waals surface area contributed by atoms with E-state index in [-0.39, 0.29) is 13.2 Å². The first-order chi connectivity index (χ1) is 5.38. The number of allylic oxidation sites excluding steroid dienone is 2. The quantitative estimate of drug-likeness (QED) is 0.598. The highest BCUT2D eigenvalue weighted by atomic mass is 16.3. The summed E-state index contributed by atoms with van der Waals surface area (Å²) in [5, 5.41) is 15.2. The summed E-state index contributed by atoms with van der Waals surface area (Å²) in [5.41, 5.74) is 2.33. The molecule has 2 heteroatoms. The molecule has 0 aliphatic rings. The summed E-state index contributed by atoms with van der Waals surface area (Å²) in [6, 6.07) is 0. The van der Waals surface area contributed by atoms with Gasteiger partial charge in [0.2, 0.25) is 0 Å².